The Morgan fingerprint density at radius 2 is 1.65 bits per heavy atom. The van der Waals surface area contributed by atoms with Gasteiger partial charge in [-0.3, -0.25) is 0 Å². The second-order valence-corrected chi connectivity index (χ2v) is 5.82. The summed E-state index contributed by atoms with van der Waals surface area (Å²) >= 11 is 0. The van der Waals surface area contributed by atoms with E-state index in [1.165, 1.54) is 0 Å². The molecule has 0 aliphatic heterocycles. The standard InChI is InChI=1S/C15H13N3OP.CH2O.K/c16-12-6-8-13(9-7-12)18-11-10-17-15(18)20(19)14-4-2-1-3-5-14;1-2;/h1-11H,16H2;1H2;/q-1;;+1. The quantitative estimate of drug-likeness (QED) is 0.336. The first kappa shape index (κ1) is 20.2. The molecule has 3 rings (SSSR count). The van der Waals surface area contributed by atoms with Crippen molar-refractivity contribution in [2.24, 2.45) is 0 Å². The van der Waals surface area contributed by atoms with Gasteiger partial charge in [-0.05, 0) is 29.6 Å². The van der Waals surface area contributed by atoms with Crippen LogP contribution in [0.5, 0.6) is 0 Å². The molecule has 0 amide bonds. The minimum absolute atomic E-state index is 0. The molecule has 1 heterocycles. The Kier molecular flexibility index (Phi) is 8.87. The van der Waals surface area contributed by atoms with E-state index in [0.717, 1.165) is 11.0 Å². The van der Waals surface area contributed by atoms with E-state index >= 15 is 0 Å². The fourth-order valence-electron chi connectivity index (χ4n) is 1.96. The van der Waals surface area contributed by atoms with E-state index in [9.17, 15) is 4.89 Å². The Morgan fingerprint density at radius 3 is 2.26 bits per heavy atom. The molecule has 0 spiro atoms. The predicted octanol–water partition coefficient (Wildman–Crippen LogP) is -2.02. The molecule has 112 valence electrons. The zero-order valence-corrected chi connectivity index (χ0v) is 16.8. The molecule has 2 N–H and O–H groups in total. The second-order valence-electron chi connectivity index (χ2n) is 4.32. The maximum atomic E-state index is 12.6. The van der Waals surface area contributed by atoms with Gasteiger partial charge in [0.2, 0.25) is 0 Å². The smallest absolute Gasteiger partial charge is 0.820 e. The summed E-state index contributed by atoms with van der Waals surface area (Å²) in [6.45, 7) is 2.00. The van der Waals surface area contributed by atoms with Crippen LogP contribution in [-0.4, -0.2) is 16.3 Å². The molecule has 0 bridgehead atoms. The van der Waals surface area contributed by atoms with Crippen LogP contribution in [-0.2, 0) is 4.79 Å². The van der Waals surface area contributed by atoms with Crippen LogP contribution in [0.1, 0.15) is 0 Å². The number of hydrogen-bond donors (Lipinski definition) is 1. The number of hydrogen-bond acceptors (Lipinski definition) is 4. The van der Waals surface area contributed by atoms with Crippen molar-refractivity contribution >= 4 is 31.5 Å². The summed E-state index contributed by atoms with van der Waals surface area (Å²) in [5, 5.41) is 0.769. The van der Waals surface area contributed by atoms with Gasteiger partial charge in [-0.1, -0.05) is 38.5 Å². The van der Waals surface area contributed by atoms with Gasteiger partial charge in [0, 0.05) is 23.8 Å². The van der Waals surface area contributed by atoms with Crippen molar-refractivity contribution in [1.29, 1.82) is 0 Å². The van der Waals surface area contributed by atoms with E-state index in [2.05, 4.69) is 4.98 Å². The zero-order chi connectivity index (χ0) is 15.9. The van der Waals surface area contributed by atoms with Gasteiger partial charge < -0.3 is 20.0 Å². The van der Waals surface area contributed by atoms with Crippen molar-refractivity contribution in [2.75, 3.05) is 5.73 Å². The molecule has 7 heteroatoms. The molecule has 5 nitrogen and oxygen atoms in total. The van der Waals surface area contributed by atoms with E-state index < -0.39 is 8.15 Å². The van der Waals surface area contributed by atoms with Crippen LogP contribution in [0.3, 0.4) is 0 Å². The minimum Gasteiger partial charge on any atom is -0.820 e. The molecule has 1 unspecified atom stereocenters. The maximum absolute atomic E-state index is 12.6. The van der Waals surface area contributed by atoms with E-state index in [4.69, 9.17) is 10.5 Å². The molecular weight excluding hydrogens is 336 g/mol. The number of anilines is 1. The Balaban J connectivity index is 0.000000849. The molecule has 3 aromatic rings. The maximum Gasteiger partial charge on any atom is 1.00 e. The predicted molar refractivity (Wildman–Crippen MR) is 87.7 cm³/mol. The Bertz CT molecular complexity index is 720. The van der Waals surface area contributed by atoms with Gasteiger partial charge in [-0.2, -0.15) is 0 Å². The van der Waals surface area contributed by atoms with Gasteiger partial charge in [0.25, 0.3) is 0 Å². The molecule has 0 aliphatic rings. The van der Waals surface area contributed by atoms with Crippen molar-refractivity contribution in [3.05, 3.63) is 67.0 Å². The fourth-order valence-corrected chi connectivity index (χ4v) is 3.18. The van der Waals surface area contributed by atoms with Crippen molar-refractivity contribution in [2.45, 2.75) is 0 Å². The number of nitrogen functional groups attached to an aromatic ring is 1. The average molecular weight is 351 g/mol. The minimum atomic E-state index is -1.72. The van der Waals surface area contributed by atoms with Crippen LogP contribution >= 0.6 is 8.15 Å². The number of rotatable bonds is 3. The van der Waals surface area contributed by atoms with Gasteiger partial charge in [0.1, 0.15) is 12.4 Å². The van der Waals surface area contributed by atoms with Gasteiger partial charge in [0.15, 0.2) is 0 Å². The van der Waals surface area contributed by atoms with Gasteiger partial charge >= 0.3 is 51.4 Å². The SMILES string of the molecule is C=O.Nc1ccc(-n2ccnc2P([O-])c2ccccc2)cc1.[K+]. The molecule has 0 radical (unpaired) electrons. The van der Waals surface area contributed by atoms with E-state index in [1.54, 1.807) is 12.4 Å². The summed E-state index contributed by atoms with van der Waals surface area (Å²) in [7, 11) is -1.72. The number of benzene rings is 2. The number of imidazole rings is 1. The number of nitrogens with two attached hydrogens (primary N) is 1. The first-order chi connectivity index (χ1) is 10.8. The topological polar surface area (TPSA) is 84.0 Å². The third kappa shape index (κ3) is 5.06. The summed E-state index contributed by atoms with van der Waals surface area (Å²) in [6, 6.07) is 16.7. The summed E-state index contributed by atoms with van der Waals surface area (Å²) in [5.74, 6) is 0. The van der Waals surface area contributed by atoms with Gasteiger partial charge in [-0.15, -0.1) is 0 Å². The Hall–Kier alpha value is -0.854. The van der Waals surface area contributed by atoms with Crippen LogP contribution in [0.25, 0.3) is 5.69 Å². The number of carbonyl (C=O) groups excluding carboxylic acids is 1. The molecular formula is C16H15KN3O2P. The normalized spacial score (nSPS) is 10.8. The van der Waals surface area contributed by atoms with Crippen molar-refractivity contribution in [3.63, 3.8) is 0 Å². The van der Waals surface area contributed by atoms with Gasteiger partial charge in [0.05, 0.1) is 0 Å². The zero-order valence-electron chi connectivity index (χ0n) is 12.8. The van der Waals surface area contributed by atoms with E-state index in [1.807, 2.05) is 66.0 Å². The monoisotopic (exact) mass is 351 g/mol. The fraction of sp³-hybridized carbons (Fsp3) is 0. The molecule has 0 fully saturated rings. The van der Waals surface area contributed by atoms with E-state index in [-0.39, 0.29) is 51.4 Å². The molecule has 0 saturated carbocycles. The van der Waals surface area contributed by atoms with Crippen molar-refractivity contribution < 1.29 is 61.1 Å². The van der Waals surface area contributed by atoms with Crippen LogP contribution < -0.4 is 72.9 Å². The Labute approximate surface area is 178 Å². The summed E-state index contributed by atoms with van der Waals surface area (Å²) in [6.07, 6.45) is 3.46. The largest absolute Gasteiger partial charge is 1.00 e. The number of aromatic nitrogens is 2. The summed E-state index contributed by atoms with van der Waals surface area (Å²) in [5.41, 5.74) is 7.82. The first-order valence-electron chi connectivity index (χ1n) is 6.46. The number of carbonyl (C=O) groups is 1. The van der Waals surface area contributed by atoms with Crippen molar-refractivity contribution in [3.8, 4) is 5.69 Å². The molecule has 23 heavy (non-hydrogen) atoms. The van der Waals surface area contributed by atoms with Crippen LogP contribution in [0.4, 0.5) is 5.69 Å². The average Bonchev–Trinajstić information content (AvgIpc) is 3.07. The first-order valence-corrected chi connectivity index (χ1v) is 7.72. The van der Waals surface area contributed by atoms with Crippen LogP contribution in [0.15, 0.2) is 67.0 Å². The van der Waals surface area contributed by atoms with E-state index in [0.29, 0.717) is 11.3 Å². The molecule has 1 atom stereocenters. The van der Waals surface area contributed by atoms with Crippen LogP contribution in [0.2, 0.25) is 0 Å². The summed E-state index contributed by atoms with van der Waals surface area (Å²) < 4.78 is 1.82. The molecule has 1 aromatic heterocycles. The Morgan fingerprint density at radius 1 is 1.04 bits per heavy atom. The summed E-state index contributed by atoms with van der Waals surface area (Å²) in [4.78, 5) is 24.8. The van der Waals surface area contributed by atoms with Crippen LogP contribution in [0, 0.1) is 0 Å². The van der Waals surface area contributed by atoms with Gasteiger partial charge in [-0.25, -0.2) is 4.98 Å². The third-order valence-electron chi connectivity index (χ3n) is 2.96. The molecule has 0 saturated heterocycles. The molecule has 2 aromatic carbocycles. The second kappa shape index (κ2) is 10.1. The number of nitrogens with zero attached hydrogens (tertiary/aromatic N) is 2. The van der Waals surface area contributed by atoms with Crippen molar-refractivity contribution in [1.82, 2.24) is 9.55 Å². The third-order valence-corrected chi connectivity index (χ3v) is 4.43. The molecule has 0 aliphatic carbocycles.